The minimum Gasteiger partial charge on any atom is -0.345 e. The zero-order valence-electron chi connectivity index (χ0n) is 11.0. The van der Waals surface area contributed by atoms with Gasteiger partial charge in [-0.05, 0) is 37.4 Å². The van der Waals surface area contributed by atoms with Crippen molar-refractivity contribution in [3.8, 4) is 12.3 Å². The van der Waals surface area contributed by atoms with Gasteiger partial charge in [0.1, 0.15) is 5.82 Å². The van der Waals surface area contributed by atoms with E-state index in [2.05, 4.69) is 46.2 Å². The van der Waals surface area contributed by atoms with Gasteiger partial charge in [-0.1, -0.05) is 18.9 Å². The summed E-state index contributed by atoms with van der Waals surface area (Å²) >= 11 is 0. The summed E-state index contributed by atoms with van der Waals surface area (Å²) in [6.07, 6.45) is 8.11. The summed E-state index contributed by atoms with van der Waals surface area (Å²) < 4.78 is 0. The van der Waals surface area contributed by atoms with Crippen molar-refractivity contribution in [1.29, 1.82) is 0 Å². The molecule has 0 unspecified atom stereocenters. The number of aromatic nitrogens is 1. The van der Waals surface area contributed by atoms with Crippen LogP contribution in [0.3, 0.4) is 0 Å². The van der Waals surface area contributed by atoms with Gasteiger partial charge in [0.2, 0.25) is 0 Å². The summed E-state index contributed by atoms with van der Waals surface area (Å²) in [5.74, 6) is 4.56. The quantitative estimate of drug-likeness (QED) is 0.743. The van der Waals surface area contributed by atoms with Gasteiger partial charge in [-0.3, -0.25) is 0 Å². The molecule has 1 aliphatic rings. The molecule has 0 spiro atoms. The number of rotatable bonds is 7. The van der Waals surface area contributed by atoms with Gasteiger partial charge < -0.3 is 10.2 Å². The first-order chi connectivity index (χ1) is 8.83. The zero-order valence-corrected chi connectivity index (χ0v) is 11.0. The van der Waals surface area contributed by atoms with Crippen molar-refractivity contribution in [3.63, 3.8) is 0 Å². The highest BCUT2D eigenvalue weighted by Gasteiger charge is 2.24. The van der Waals surface area contributed by atoms with Crippen LogP contribution >= 0.6 is 0 Å². The van der Waals surface area contributed by atoms with Gasteiger partial charge in [0.15, 0.2) is 0 Å². The van der Waals surface area contributed by atoms with Gasteiger partial charge in [0.25, 0.3) is 0 Å². The predicted molar refractivity (Wildman–Crippen MR) is 75.4 cm³/mol. The van der Waals surface area contributed by atoms with E-state index >= 15 is 0 Å². The third kappa shape index (κ3) is 3.75. The molecule has 0 radical (unpaired) electrons. The van der Waals surface area contributed by atoms with E-state index in [1.54, 1.807) is 0 Å². The summed E-state index contributed by atoms with van der Waals surface area (Å²) in [5, 5.41) is 3.29. The summed E-state index contributed by atoms with van der Waals surface area (Å²) in [7, 11) is 0. The SMILES string of the molecule is C#CCN(CC1CC1)c1cccc(CNCC)n1. The van der Waals surface area contributed by atoms with Crippen LogP contribution in [0.2, 0.25) is 0 Å². The van der Waals surface area contributed by atoms with Crippen molar-refractivity contribution < 1.29 is 0 Å². The van der Waals surface area contributed by atoms with Crippen LogP contribution in [-0.4, -0.2) is 24.6 Å². The Morgan fingerprint density at radius 3 is 3.00 bits per heavy atom. The number of nitrogens with one attached hydrogen (secondary N) is 1. The molecule has 1 fully saturated rings. The average molecular weight is 243 g/mol. The second-order valence-electron chi connectivity index (χ2n) is 4.80. The molecule has 0 atom stereocenters. The van der Waals surface area contributed by atoms with Crippen LogP contribution in [0, 0.1) is 18.3 Å². The number of hydrogen-bond acceptors (Lipinski definition) is 3. The third-order valence-electron chi connectivity index (χ3n) is 3.13. The molecule has 3 heteroatoms. The Labute approximate surface area is 110 Å². The minimum absolute atomic E-state index is 0.647. The highest BCUT2D eigenvalue weighted by molar-refractivity contribution is 5.41. The number of nitrogens with zero attached hydrogens (tertiary/aromatic N) is 2. The fraction of sp³-hybridized carbons (Fsp3) is 0.533. The van der Waals surface area contributed by atoms with Gasteiger partial charge in [-0.25, -0.2) is 4.98 Å². The molecule has 1 heterocycles. The summed E-state index contributed by atoms with van der Waals surface area (Å²) in [6.45, 7) is 5.57. The lowest BCUT2D eigenvalue weighted by Gasteiger charge is -2.21. The maximum absolute atomic E-state index is 5.45. The van der Waals surface area contributed by atoms with Crippen LogP contribution < -0.4 is 10.2 Å². The molecule has 2 rings (SSSR count). The topological polar surface area (TPSA) is 28.2 Å². The number of terminal acetylenes is 1. The largest absolute Gasteiger partial charge is 0.345 e. The normalized spacial score (nSPS) is 14.2. The highest BCUT2D eigenvalue weighted by atomic mass is 15.2. The molecule has 1 aromatic heterocycles. The van der Waals surface area contributed by atoms with E-state index in [0.29, 0.717) is 6.54 Å². The second kappa shape index (κ2) is 6.42. The van der Waals surface area contributed by atoms with Crippen LogP contribution in [0.15, 0.2) is 18.2 Å². The molecule has 3 nitrogen and oxygen atoms in total. The fourth-order valence-electron chi connectivity index (χ4n) is 1.96. The Bertz CT molecular complexity index is 418. The molecule has 1 aromatic rings. The molecule has 1 saturated carbocycles. The molecule has 96 valence electrons. The van der Waals surface area contributed by atoms with Crippen molar-refractivity contribution in [2.45, 2.75) is 26.3 Å². The van der Waals surface area contributed by atoms with Crippen LogP contribution in [-0.2, 0) is 6.54 Å². The molecule has 0 aromatic carbocycles. The lowest BCUT2D eigenvalue weighted by atomic mass is 10.3. The van der Waals surface area contributed by atoms with Gasteiger partial charge in [-0.15, -0.1) is 6.42 Å². The van der Waals surface area contributed by atoms with Crippen LogP contribution in [0.5, 0.6) is 0 Å². The Kier molecular flexibility index (Phi) is 4.60. The first-order valence-electron chi connectivity index (χ1n) is 6.68. The Morgan fingerprint density at radius 1 is 1.50 bits per heavy atom. The second-order valence-corrected chi connectivity index (χ2v) is 4.80. The van der Waals surface area contributed by atoms with E-state index in [4.69, 9.17) is 6.42 Å². The molecule has 0 saturated heterocycles. The number of anilines is 1. The maximum Gasteiger partial charge on any atom is 0.129 e. The van der Waals surface area contributed by atoms with Crippen molar-refractivity contribution >= 4 is 5.82 Å². The molecule has 18 heavy (non-hydrogen) atoms. The van der Waals surface area contributed by atoms with Crippen molar-refractivity contribution in [2.24, 2.45) is 5.92 Å². The molecular formula is C15H21N3. The highest BCUT2D eigenvalue weighted by Crippen LogP contribution is 2.30. The van der Waals surface area contributed by atoms with Crippen molar-refractivity contribution in [1.82, 2.24) is 10.3 Å². The molecule has 1 aliphatic carbocycles. The summed E-state index contributed by atoms with van der Waals surface area (Å²) in [4.78, 5) is 6.89. The van der Waals surface area contributed by atoms with E-state index in [1.807, 2.05) is 0 Å². The lowest BCUT2D eigenvalue weighted by molar-refractivity contribution is 0.703. The van der Waals surface area contributed by atoms with Crippen molar-refractivity contribution in [3.05, 3.63) is 23.9 Å². The van der Waals surface area contributed by atoms with Gasteiger partial charge in [0, 0.05) is 13.1 Å². The van der Waals surface area contributed by atoms with Gasteiger partial charge in [0.05, 0.1) is 12.2 Å². The molecule has 0 amide bonds. The lowest BCUT2D eigenvalue weighted by Crippen LogP contribution is -2.27. The van der Waals surface area contributed by atoms with Crippen LogP contribution in [0.25, 0.3) is 0 Å². The summed E-state index contributed by atoms with van der Waals surface area (Å²) in [6, 6.07) is 6.16. The van der Waals surface area contributed by atoms with E-state index in [1.165, 1.54) is 12.8 Å². The van der Waals surface area contributed by atoms with Crippen LogP contribution in [0.1, 0.15) is 25.5 Å². The van der Waals surface area contributed by atoms with Gasteiger partial charge in [-0.2, -0.15) is 0 Å². The van der Waals surface area contributed by atoms with E-state index in [0.717, 1.165) is 37.1 Å². The zero-order chi connectivity index (χ0) is 12.8. The Hall–Kier alpha value is -1.53. The van der Waals surface area contributed by atoms with Crippen LogP contribution in [0.4, 0.5) is 5.82 Å². The first kappa shape index (κ1) is 12.9. The number of hydrogen-bond donors (Lipinski definition) is 1. The van der Waals surface area contributed by atoms with E-state index in [9.17, 15) is 0 Å². The monoisotopic (exact) mass is 243 g/mol. The number of pyridine rings is 1. The third-order valence-corrected chi connectivity index (χ3v) is 3.13. The minimum atomic E-state index is 0.647. The summed E-state index contributed by atoms with van der Waals surface area (Å²) in [5.41, 5.74) is 1.08. The molecule has 0 aliphatic heterocycles. The van der Waals surface area contributed by atoms with E-state index in [-0.39, 0.29) is 0 Å². The molecule has 1 N–H and O–H groups in total. The standard InChI is InChI=1S/C15H21N3/c1-3-10-18(12-13-8-9-13)15-7-5-6-14(17-15)11-16-4-2/h1,5-7,13,16H,4,8-12H2,2H3. The average Bonchev–Trinajstić information content (AvgIpc) is 3.20. The first-order valence-corrected chi connectivity index (χ1v) is 6.68. The Balaban J connectivity index is 2.05. The Morgan fingerprint density at radius 2 is 2.33 bits per heavy atom. The van der Waals surface area contributed by atoms with E-state index < -0.39 is 0 Å². The predicted octanol–water partition coefficient (Wildman–Crippen LogP) is 2.04. The van der Waals surface area contributed by atoms with Crippen molar-refractivity contribution in [2.75, 3.05) is 24.5 Å². The maximum atomic E-state index is 5.45. The fourth-order valence-corrected chi connectivity index (χ4v) is 1.96. The smallest absolute Gasteiger partial charge is 0.129 e. The molecule has 0 bridgehead atoms. The molecular weight excluding hydrogens is 222 g/mol. The van der Waals surface area contributed by atoms with Gasteiger partial charge >= 0.3 is 0 Å².